The SMILES string of the molecule is CCOC(=O)C(N)CCSCC(=O)Nc1ccc(C)cc1. The van der Waals surface area contributed by atoms with Gasteiger partial charge in [-0.1, -0.05) is 17.7 Å². The quantitative estimate of drug-likeness (QED) is 0.566. The van der Waals surface area contributed by atoms with Crippen molar-refractivity contribution in [2.45, 2.75) is 26.3 Å². The zero-order valence-corrected chi connectivity index (χ0v) is 13.2. The van der Waals surface area contributed by atoms with Crippen LogP contribution in [0.4, 0.5) is 5.69 Å². The molecule has 3 N–H and O–H groups in total. The zero-order chi connectivity index (χ0) is 15.7. The maximum absolute atomic E-state index is 11.7. The number of carbonyl (C=O) groups is 2. The van der Waals surface area contributed by atoms with E-state index in [1.54, 1.807) is 6.92 Å². The van der Waals surface area contributed by atoms with Gasteiger partial charge in [0.25, 0.3) is 0 Å². The predicted octanol–water partition coefficient (Wildman–Crippen LogP) is 1.95. The lowest BCUT2D eigenvalue weighted by molar-refractivity contribution is -0.144. The number of thioether (sulfide) groups is 1. The Balaban J connectivity index is 2.19. The Hall–Kier alpha value is -1.53. The highest BCUT2D eigenvalue weighted by Crippen LogP contribution is 2.10. The van der Waals surface area contributed by atoms with E-state index in [2.05, 4.69) is 5.32 Å². The second kappa shape index (κ2) is 9.41. The number of benzene rings is 1. The lowest BCUT2D eigenvalue weighted by Crippen LogP contribution is -2.32. The van der Waals surface area contributed by atoms with Crippen LogP contribution in [0.1, 0.15) is 18.9 Å². The molecule has 0 radical (unpaired) electrons. The monoisotopic (exact) mass is 310 g/mol. The normalized spacial score (nSPS) is 11.8. The first-order chi connectivity index (χ1) is 10.0. The van der Waals surface area contributed by atoms with E-state index in [1.165, 1.54) is 11.8 Å². The number of carbonyl (C=O) groups excluding carboxylic acids is 2. The largest absolute Gasteiger partial charge is 0.465 e. The van der Waals surface area contributed by atoms with Crippen LogP contribution in [-0.2, 0) is 14.3 Å². The predicted molar refractivity (Wildman–Crippen MR) is 86.4 cm³/mol. The van der Waals surface area contributed by atoms with Gasteiger partial charge in [-0.25, -0.2) is 0 Å². The first kappa shape index (κ1) is 17.5. The summed E-state index contributed by atoms with van der Waals surface area (Å²) in [5, 5.41) is 2.82. The van der Waals surface area contributed by atoms with E-state index >= 15 is 0 Å². The molecule has 0 heterocycles. The third kappa shape index (κ3) is 7.15. The molecule has 0 aliphatic carbocycles. The van der Waals surface area contributed by atoms with Crippen molar-refractivity contribution >= 4 is 29.3 Å². The molecule has 0 fully saturated rings. The molecule has 0 spiro atoms. The van der Waals surface area contributed by atoms with Crippen molar-refractivity contribution in [3.63, 3.8) is 0 Å². The third-order valence-electron chi connectivity index (χ3n) is 2.73. The topological polar surface area (TPSA) is 81.4 Å². The number of hydrogen-bond acceptors (Lipinski definition) is 5. The van der Waals surface area contributed by atoms with Crippen LogP contribution in [-0.4, -0.2) is 36.0 Å². The maximum atomic E-state index is 11.7. The molecule has 116 valence electrons. The van der Waals surface area contributed by atoms with Crippen molar-refractivity contribution in [2.24, 2.45) is 5.73 Å². The smallest absolute Gasteiger partial charge is 0.322 e. The molecule has 5 nitrogen and oxygen atoms in total. The molecule has 0 aliphatic heterocycles. The highest BCUT2D eigenvalue weighted by molar-refractivity contribution is 7.99. The van der Waals surface area contributed by atoms with Gasteiger partial charge in [-0.3, -0.25) is 9.59 Å². The number of amides is 1. The average molecular weight is 310 g/mol. The molecule has 0 saturated carbocycles. The minimum atomic E-state index is -0.613. The Bertz CT molecular complexity index is 462. The zero-order valence-electron chi connectivity index (χ0n) is 12.4. The van der Waals surface area contributed by atoms with E-state index in [0.717, 1.165) is 11.3 Å². The van der Waals surface area contributed by atoms with Crippen molar-refractivity contribution < 1.29 is 14.3 Å². The van der Waals surface area contributed by atoms with Crippen LogP contribution in [0.15, 0.2) is 24.3 Å². The summed E-state index contributed by atoms with van der Waals surface area (Å²) in [7, 11) is 0. The van der Waals surface area contributed by atoms with E-state index in [0.29, 0.717) is 24.5 Å². The number of ether oxygens (including phenoxy) is 1. The van der Waals surface area contributed by atoms with Gasteiger partial charge >= 0.3 is 5.97 Å². The average Bonchev–Trinajstić information content (AvgIpc) is 2.46. The van der Waals surface area contributed by atoms with Crippen LogP contribution in [0.2, 0.25) is 0 Å². The summed E-state index contributed by atoms with van der Waals surface area (Å²) in [4.78, 5) is 23.0. The molecule has 0 aliphatic rings. The summed E-state index contributed by atoms with van der Waals surface area (Å²) in [5.74, 6) is 0.529. The minimum Gasteiger partial charge on any atom is -0.465 e. The number of nitrogens with one attached hydrogen (secondary N) is 1. The molecule has 1 unspecified atom stereocenters. The van der Waals surface area contributed by atoms with E-state index in [4.69, 9.17) is 10.5 Å². The summed E-state index contributed by atoms with van der Waals surface area (Å²) in [5.41, 5.74) is 7.60. The van der Waals surface area contributed by atoms with Crippen LogP contribution in [0.5, 0.6) is 0 Å². The molecular weight excluding hydrogens is 288 g/mol. The van der Waals surface area contributed by atoms with Crippen molar-refractivity contribution in [3.05, 3.63) is 29.8 Å². The van der Waals surface area contributed by atoms with Crippen LogP contribution in [0.25, 0.3) is 0 Å². The van der Waals surface area contributed by atoms with Gasteiger partial charge in [0.15, 0.2) is 0 Å². The van der Waals surface area contributed by atoms with Crippen molar-refractivity contribution in [1.82, 2.24) is 0 Å². The highest BCUT2D eigenvalue weighted by atomic mass is 32.2. The van der Waals surface area contributed by atoms with Gasteiger partial charge in [0.2, 0.25) is 5.91 Å². The Labute approximate surface area is 129 Å². The number of anilines is 1. The molecule has 21 heavy (non-hydrogen) atoms. The molecule has 1 amide bonds. The van der Waals surface area contributed by atoms with Crippen LogP contribution >= 0.6 is 11.8 Å². The third-order valence-corrected chi connectivity index (χ3v) is 3.72. The van der Waals surface area contributed by atoms with Crippen molar-refractivity contribution in [2.75, 3.05) is 23.4 Å². The summed E-state index contributed by atoms with van der Waals surface area (Å²) >= 11 is 1.45. The molecule has 0 saturated heterocycles. The number of aryl methyl sites for hydroxylation is 1. The Kier molecular flexibility index (Phi) is 7.85. The van der Waals surface area contributed by atoms with Crippen molar-refractivity contribution in [1.29, 1.82) is 0 Å². The minimum absolute atomic E-state index is 0.0615. The van der Waals surface area contributed by atoms with Gasteiger partial charge in [-0.2, -0.15) is 11.8 Å². The maximum Gasteiger partial charge on any atom is 0.322 e. The Morgan fingerprint density at radius 3 is 2.62 bits per heavy atom. The fraction of sp³-hybridized carbons (Fsp3) is 0.467. The molecule has 1 atom stereocenters. The van der Waals surface area contributed by atoms with E-state index < -0.39 is 6.04 Å². The highest BCUT2D eigenvalue weighted by Gasteiger charge is 2.14. The lowest BCUT2D eigenvalue weighted by atomic mass is 10.2. The van der Waals surface area contributed by atoms with E-state index in [1.807, 2.05) is 31.2 Å². The summed E-state index contributed by atoms with van der Waals surface area (Å²) in [6.45, 7) is 4.07. The van der Waals surface area contributed by atoms with E-state index in [9.17, 15) is 9.59 Å². The van der Waals surface area contributed by atoms with Crippen LogP contribution in [0.3, 0.4) is 0 Å². The second-order valence-electron chi connectivity index (χ2n) is 4.61. The van der Waals surface area contributed by atoms with Gasteiger partial charge < -0.3 is 15.8 Å². The van der Waals surface area contributed by atoms with Gasteiger partial charge in [0.1, 0.15) is 6.04 Å². The van der Waals surface area contributed by atoms with E-state index in [-0.39, 0.29) is 11.9 Å². The standard InChI is InChI=1S/C15H22N2O3S/c1-3-20-15(19)13(16)8-9-21-10-14(18)17-12-6-4-11(2)5-7-12/h4-7,13H,3,8-10,16H2,1-2H3,(H,17,18). The number of nitrogens with two attached hydrogens (primary N) is 1. The van der Waals surface area contributed by atoms with Crippen LogP contribution in [0, 0.1) is 6.92 Å². The molecule has 1 aromatic carbocycles. The molecule has 1 rings (SSSR count). The van der Waals surface area contributed by atoms with Gasteiger partial charge in [-0.15, -0.1) is 0 Å². The molecule has 6 heteroatoms. The lowest BCUT2D eigenvalue weighted by Gasteiger charge is -2.10. The first-order valence-electron chi connectivity index (χ1n) is 6.89. The molecule has 0 aromatic heterocycles. The first-order valence-corrected chi connectivity index (χ1v) is 8.05. The number of rotatable bonds is 8. The second-order valence-corrected chi connectivity index (χ2v) is 5.72. The molecule has 0 bridgehead atoms. The molecule has 1 aromatic rings. The van der Waals surface area contributed by atoms with Gasteiger partial charge in [-0.05, 0) is 38.2 Å². The van der Waals surface area contributed by atoms with Gasteiger partial charge in [0, 0.05) is 5.69 Å². The summed E-state index contributed by atoms with van der Waals surface area (Å²) < 4.78 is 4.82. The fourth-order valence-electron chi connectivity index (χ4n) is 1.58. The Morgan fingerprint density at radius 1 is 1.33 bits per heavy atom. The molecular formula is C15H22N2O3S. The van der Waals surface area contributed by atoms with Gasteiger partial charge in [0.05, 0.1) is 12.4 Å². The number of esters is 1. The number of hydrogen-bond donors (Lipinski definition) is 2. The Morgan fingerprint density at radius 2 is 2.00 bits per heavy atom. The summed E-state index contributed by atoms with van der Waals surface area (Å²) in [6, 6.07) is 7.02. The summed E-state index contributed by atoms with van der Waals surface area (Å²) in [6.07, 6.45) is 0.501. The van der Waals surface area contributed by atoms with Crippen molar-refractivity contribution in [3.8, 4) is 0 Å². The van der Waals surface area contributed by atoms with Crippen LogP contribution < -0.4 is 11.1 Å². The fourth-order valence-corrected chi connectivity index (χ4v) is 2.40.